The third kappa shape index (κ3) is 0.964. The molecule has 0 spiro atoms. The molecular formula is C7H6O2. The van der Waals surface area contributed by atoms with Crippen LogP contribution >= 0.6 is 0 Å². The maximum atomic E-state index is 10.1. The molecule has 0 saturated carbocycles. The highest BCUT2D eigenvalue weighted by Crippen LogP contribution is 2.13. The Bertz CT molecular complexity index is 189. The van der Waals surface area contributed by atoms with Gasteiger partial charge in [0.2, 0.25) is 0 Å². The number of allylic oxidation sites excluding steroid dienone is 4. The highest BCUT2D eigenvalue weighted by Gasteiger charge is 2.11. The summed E-state index contributed by atoms with van der Waals surface area (Å²) in [6.45, 7) is 0. The van der Waals surface area contributed by atoms with Crippen LogP contribution in [0.5, 0.6) is 0 Å². The maximum Gasteiger partial charge on any atom is 0.147 e. The molecule has 0 heterocycles. The number of rotatable bonds is 2. The van der Waals surface area contributed by atoms with Gasteiger partial charge in [0.15, 0.2) is 0 Å². The monoisotopic (exact) mass is 122 g/mol. The second-order valence-electron chi connectivity index (χ2n) is 1.83. The summed E-state index contributed by atoms with van der Waals surface area (Å²) >= 11 is 0. The molecule has 1 atom stereocenters. The van der Waals surface area contributed by atoms with Gasteiger partial charge in [-0.05, 0) is 0 Å². The lowest BCUT2D eigenvalue weighted by Gasteiger charge is -1.94. The zero-order valence-corrected chi connectivity index (χ0v) is 4.78. The van der Waals surface area contributed by atoms with Gasteiger partial charge in [0, 0.05) is 5.57 Å². The van der Waals surface area contributed by atoms with E-state index < -0.39 is 0 Å². The fourth-order valence-corrected chi connectivity index (χ4v) is 0.750. The van der Waals surface area contributed by atoms with Gasteiger partial charge >= 0.3 is 0 Å². The Hall–Kier alpha value is -1.18. The van der Waals surface area contributed by atoms with Crippen molar-refractivity contribution in [3.8, 4) is 0 Å². The summed E-state index contributed by atoms with van der Waals surface area (Å²) in [6, 6.07) is 0. The van der Waals surface area contributed by atoms with Crippen LogP contribution in [0.4, 0.5) is 0 Å². The Morgan fingerprint density at radius 2 is 2.22 bits per heavy atom. The highest BCUT2D eigenvalue weighted by atomic mass is 16.1. The summed E-state index contributed by atoms with van der Waals surface area (Å²) in [5, 5.41) is 0. The first-order valence-electron chi connectivity index (χ1n) is 2.67. The fraction of sp³-hybridized carbons (Fsp3) is 0.143. The van der Waals surface area contributed by atoms with Crippen LogP contribution in [0.2, 0.25) is 0 Å². The molecular weight excluding hydrogens is 116 g/mol. The van der Waals surface area contributed by atoms with Crippen LogP contribution in [0.3, 0.4) is 0 Å². The summed E-state index contributed by atoms with van der Waals surface area (Å²) < 4.78 is 0. The summed E-state index contributed by atoms with van der Waals surface area (Å²) in [6.07, 6.45) is 6.51. The van der Waals surface area contributed by atoms with Crippen molar-refractivity contribution in [2.45, 2.75) is 0 Å². The van der Waals surface area contributed by atoms with Gasteiger partial charge in [0.25, 0.3) is 0 Å². The fourth-order valence-electron chi connectivity index (χ4n) is 0.750. The quantitative estimate of drug-likeness (QED) is 0.500. The van der Waals surface area contributed by atoms with Crippen molar-refractivity contribution in [3.63, 3.8) is 0 Å². The predicted octanol–water partition coefficient (Wildman–Crippen LogP) is 0.497. The normalized spacial score (nSPS) is 23.6. The molecule has 0 aromatic heterocycles. The number of carbonyl (C=O) groups is 2. The maximum absolute atomic E-state index is 10.1. The number of hydrogen-bond donors (Lipinski definition) is 0. The van der Waals surface area contributed by atoms with Crippen LogP contribution in [0.15, 0.2) is 23.8 Å². The standard InChI is InChI=1S/C7H6O2/c8-4-6-2-1-3-7(6)5-9/h1-6H. The first-order chi connectivity index (χ1) is 4.38. The second-order valence-corrected chi connectivity index (χ2v) is 1.83. The first kappa shape index (κ1) is 5.95. The second kappa shape index (κ2) is 2.40. The van der Waals surface area contributed by atoms with E-state index >= 15 is 0 Å². The molecule has 0 aromatic rings. The van der Waals surface area contributed by atoms with Crippen molar-refractivity contribution < 1.29 is 9.59 Å². The third-order valence-electron chi connectivity index (χ3n) is 1.27. The average molecular weight is 122 g/mol. The molecule has 0 aromatic carbocycles. The molecule has 1 aliphatic rings. The topological polar surface area (TPSA) is 34.1 Å². The van der Waals surface area contributed by atoms with Crippen LogP contribution in [-0.4, -0.2) is 12.6 Å². The van der Waals surface area contributed by atoms with E-state index in [0.29, 0.717) is 11.9 Å². The molecule has 1 aliphatic carbocycles. The molecule has 0 N–H and O–H groups in total. The van der Waals surface area contributed by atoms with E-state index in [9.17, 15) is 9.59 Å². The molecule has 0 amide bonds. The summed E-state index contributed by atoms with van der Waals surface area (Å²) in [5.74, 6) is -0.289. The van der Waals surface area contributed by atoms with E-state index in [1.54, 1.807) is 18.2 Å². The minimum atomic E-state index is -0.289. The van der Waals surface area contributed by atoms with E-state index in [0.717, 1.165) is 6.29 Å². The van der Waals surface area contributed by atoms with Crippen LogP contribution in [-0.2, 0) is 9.59 Å². The molecule has 46 valence electrons. The van der Waals surface area contributed by atoms with Crippen molar-refractivity contribution in [1.29, 1.82) is 0 Å². The molecule has 9 heavy (non-hydrogen) atoms. The van der Waals surface area contributed by atoms with Crippen molar-refractivity contribution in [2.24, 2.45) is 5.92 Å². The van der Waals surface area contributed by atoms with E-state index in [4.69, 9.17) is 0 Å². The molecule has 1 rings (SSSR count). The molecule has 0 aliphatic heterocycles. The lowest BCUT2D eigenvalue weighted by molar-refractivity contribution is -0.111. The highest BCUT2D eigenvalue weighted by molar-refractivity contribution is 5.84. The molecule has 0 saturated heterocycles. The Morgan fingerprint density at radius 3 is 2.67 bits per heavy atom. The molecule has 2 heteroatoms. The van der Waals surface area contributed by atoms with Gasteiger partial charge in [0.05, 0.1) is 5.92 Å². The zero-order valence-electron chi connectivity index (χ0n) is 4.78. The lowest BCUT2D eigenvalue weighted by atomic mass is 10.1. The SMILES string of the molecule is O=CC1=CC=CC1C=O. The van der Waals surface area contributed by atoms with E-state index in [1.165, 1.54) is 0 Å². The minimum Gasteiger partial charge on any atom is -0.302 e. The van der Waals surface area contributed by atoms with Crippen LogP contribution in [0.25, 0.3) is 0 Å². The third-order valence-corrected chi connectivity index (χ3v) is 1.27. The Balaban J connectivity index is 2.76. The molecule has 0 fully saturated rings. The smallest absolute Gasteiger partial charge is 0.147 e. The average Bonchev–Trinajstić information content (AvgIpc) is 2.33. The largest absolute Gasteiger partial charge is 0.302 e. The van der Waals surface area contributed by atoms with Crippen LogP contribution in [0, 0.1) is 5.92 Å². The van der Waals surface area contributed by atoms with Crippen molar-refractivity contribution in [2.75, 3.05) is 0 Å². The van der Waals surface area contributed by atoms with Gasteiger partial charge in [-0.3, -0.25) is 4.79 Å². The van der Waals surface area contributed by atoms with E-state index in [-0.39, 0.29) is 5.92 Å². The summed E-state index contributed by atoms with van der Waals surface area (Å²) in [5.41, 5.74) is 0.546. The zero-order chi connectivity index (χ0) is 6.69. The molecule has 1 unspecified atom stereocenters. The Labute approximate surface area is 52.9 Å². The van der Waals surface area contributed by atoms with E-state index in [1.807, 2.05) is 0 Å². The Morgan fingerprint density at radius 1 is 1.44 bits per heavy atom. The van der Waals surface area contributed by atoms with Gasteiger partial charge in [-0.1, -0.05) is 18.2 Å². The number of aldehydes is 2. The lowest BCUT2D eigenvalue weighted by Crippen LogP contribution is -1.99. The molecule has 0 radical (unpaired) electrons. The summed E-state index contributed by atoms with van der Waals surface area (Å²) in [4.78, 5) is 20.2. The van der Waals surface area contributed by atoms with Gasteiger partial charge in [0.1, 0.15) is 12.6 Å². The van der Waals surface area contributed by atoms with Gasteiger partial charge in [-0.2, -0.15) is 0 Å². The summed E-state index contributed by atoms with van der Waals surface area (Å²) in [7, 11) is 0. The Kier molecular flexibility index (Phi) is 1.58. The van der Waals surface area contributed by atoms with Crippen molar-refractivity contribution in [1.82, 2.24) is 0 Å². The molecule has 0 bridgehead atoms. The number of carbonyl (C=O) groups excluding carboxylic acids is 2. The first-order valence-corrected chi connectivity index (χ1v) is 2.67. The van der Waals surface area contributed by atoms with E-state index in [2.05, 4.69) is 0 Å². The van der Waals surface area contributed by atoms with Gasteiger partial charge in [-0.25, -0.2) is 0 Å². The van der Waals surface area contributed by atoms with Crippen LogP contribution < -0.4 is 0 Å². The predicted molar refractivity (Wildman–Crippen MR) is 32.8 cm³/mol. The van der Waals surface area contributed by atoms with Crippen molar-refractivity contribution >= 4 is 12.6 Å². The van der Waals surface area contributed by atoms with Gasteiger partial charge < -0.3 is 4.79 Å². The van der Waals surface area contributed by atoms with Crippen molar-refractivity contribution in [3.05, 3.63) is 23.8 Å². The van der Waals surface area contributed by atoms with Crippen LogP contribution in [0.1, 0.15) is 0 Å². The number of hydrogen-bond acceptors (Lipinski definition) is 2. The van der Waals surface area contributed by atoms with Gasteiger partial charge in [-0.15, -0.1) is 0 Å². The molecule has 2 nitrogen and oxygen atoms in total. The minimum absolute atomic E-state index is 0.289.